The summed E-state index contributed by atoms with van der Waals surface area (Å²) in [7, 11) is -1.55. The summed E-state index contributed by atoms with van der Waals surface area (Å²) in [6.07, 6.45) is 18.2. The molecule has 11 aromatic carbocycles. The van der Waals surface area contributed by atoms with Gasteiger partial charge < -0.3 is 19.7 Å². The van der Waals surface area contributed by atoms with Crippen molar-refractivity contribution in [3.63, 3.8) is 0 Å². The fourth-order valence-electron chi connectivity index (χ4n) is 17.0. The Bertz CT molecular complexity index is 6930. The molecule has 15 aromatic rings. The van der Waals surface area contributed by atoms with E-state index in [-0.39, 0.29) is 144 Å². The molecule has 142 heavy (non-hydrogen) atoms. The number of fused-ring (bicyclic) bond motifs is 10. The van der Waals surface area contributed by atoms with E-state index in [0.29, 0.717) is 0 Å². The number of allylic oxidation sites excluding steroid dienone is 6. The van der Waals surface area contributed by atoms with Crippen LogP contribution >= 0.6 is 0 Å². The van der Waals surface area contributed by atoms with Crippen LogP contribution in [-0.4, -0.2) is 55.7 Å². The van der Waals surface area contributed by atoms with Gasteiger partial charge in [0.1, 0.15) is 28.6 Å². The van der Waals surface area contributed by atoms with Gasteiger partial charge in [-0.05, 0) is 159 Å². The van der Waals surface area contributed by atoms with E-state index in [4.69, 9.17) is 19.4 Å². The van der Waals surface area contributed by atoms with Crippen LogP contribution in [-0.2, 0) is 90.9 Å². The van der Waals surface area contributed by atoms with Gasteiger partial charge in [-0.1, -0.05) is 392 Å². The van der Waals surface area contributed by atoms with Gasteiger partial charge in [0.05, 0.1) is 8.07 Å². The van der Waals surface area contributed by atoms with E-state index in [1.54, 1.807) is 0 Å². The summed E-state index contributed by atoms with van der Waals surface area (Å²) in [6, 6.07) is 84.3. The van der Waals surface area contributed by atoms with Crippen LogP contribution in [0.3, 0.4) is 0 Å². The molecule has 0 aliphatic carbocycles. The molecule has 10 nitrogen and oxygen atoms in total. The van der Waals surface area contributed by atoms with Crippen LogP contribution in [0.25, 0.3) is 131 Å². The molecule has 0 aliphatic rings. The number of benzene rings is 11. The zero-order valence-corrected chi connectivity index (χ0v) is 98.7. The molecule has 4 aromatic heterocycles. The van der Waals surface area contributed by atoms with E-state index < -0.39 is 8.07 Å². The van der Waals surface area contributed by atoms with Crippen LogP contribution in [0.2, 0.25) is 19.6 Å². The molecule has 4 heterocycles. The Kier molecular flexibility index (Phi) is 41.3. The Hall–Kier alpha value is -9.98. The molecule has 15 rings (SSSR count). The van der Waals surface area contributed by atoms with Crippen molar-refractivity contribution in [2.45, 2.75) is 294 Å². The smallest absolute Gasteiger partial charge is 0.164 e. The van der Waals surface area contributed by atoms with Crippen molar-refractivity contribution in [1.29, 1.82) is 0 Å². The van der Waals surface area contributed by atoms with E-state index in [9.17, 15) is 29.7 Å². The number of carbonyl (C=O) groups excluding carboxylic acids is 3. The first-order chi connectivity index (χ1) is 65.3. The number of carbonyl (C=O) groups is 3. The fraction of sp³-hybridized carbons (Fsp3) is 0.391. The van der Waals surface area contributed by atoms with Gasteiger partial charge in [0.2, 0.25) is 0 Å². The first-order valence-corrected chi connectivity index (χ1v) is 54.1. The summed E-state index contributed by atoms with van der Waals surface area (Å²) >= 11 is 0. The SMILES string of the molecule is CC(C)(C)c1cc(-c2nccc3oc(-c4ccccc4)cc23)[c-]c2ccccc12.CC(C)(C)c1ccc2c(ccc3c(-c4[c-]c5ccccc5c([Si](C)(C)C)c4)nccc32)c1.CCC(C)(C)C(=O)C=C(O)C(C)(C)CC.CCC(C)(CC)C(=O)C=C(O)C(C)(CC)CC.CCC(C)(CC)C(=O)C=C(O)C(C)(CC)CC.Cc1cc(-c2nccc3c2ccc2cc(C(C)(C)C)ccc23)[c-]c2ccccc12.[Ir].[Ir].[Ir]. The number of aryl methyl sites for hydroxylation is 1. The van der Waals surface area contributed by atoms with Crippen molar-refractivity contribution >= 4 is 117 Å². The largest absolute Gasteiger partial charge is 0.512 e. The minimum absolute atomic E-state index is 0. The van der Waals surface area contributed by atoms with Gasteiger partial charge in [0.25, 0.3) is 0 Å². The Morgan fingerprint density at radius 3 is 1.10 bits per heavy atom. The van der Waals surface area contributed by atoms with E-state index >= 15 is 0 Å². The van der Waals surface area contributed by atoms with Gasteiger partial charge in [0.15, 0.2) is 17.3 Å². The molecule has 0 atom stereocenters. The number of ketones is 3. The predicted octanol–water partition coefficient (Wildman–Crippen LogP) is 36.0. The van der Waals surface area contributed by atoms with Crippen LogP contribution in [0, 0.1) is 57.6 Å². The third-order valence-electron chi connectivity index (χ3n) is 30.3. The maximum absolute atomic E-state index is 12.2. The van der Waals surface area contributed by atoms with E-state index in [1.807, 2.05) is 167 Å². The topological polar surface area (TPSA) is 164 Å². The third-order valence-corrected chi connectivity index (χ3v) is 32.3. The van der Waals surface area contributed by atoms with E-state index in [2.05, 4.69) is 289 Å². The Balaban J connectivity index is 0.000000236. The Labute approximate surface area is 891 Å². The summed E-state index contributed by atoms with van der Waals surface area (Å²) in [6.45, 7) is 65.5. The molecule has 0 saturated carbocycles. The van der Waals surface area contributed by atoms with Crippen molar-refractivity contribution in [2.24, 2.45) is 32.5 Å². The van der Waals surface area contributed by atoms with Crippen LogP contribution in [0.1, 0.15) is 273 Å². The van der Waals surface area contributed by atoms with Gasteiger partial charge in [-0.3, -0.25) is 29.3 Å². The van der Waals surface area contributed by atoms with Crippen molar-refractivity contribution in [2.75, 3.05) is 0 Å². The number of pyridine rings is 3. The Morgan fingerprint density at radius 2 is 0.690 bits per heavy atom. The second kappa shape index (κ2) is 49.3. The monoisotopic (exact) mass is 2450 g/mol. The number of hydrogen-bond donors (Lipinski definition) is 3. The second-order valence-electron chi connectivity index (χ2n) is 44.5. The third kappa shape index (κ3) is 27.8. The zero-order valence-electron chi connectivity index (χ0n) is 90.5. The average molecular weight is 2450 g/mol. The van der Waals surface area contributed by atoms with Crippen molar-refractivity contribution in [3.8, 4) is 45.1 Å². The first-order valence-electron chi connectivity index (χ1n) is 50.6. The molecule has 14 heteroatoms. The van der Waals surface area contributed by atoms with Gasteiger partial charge >= 0.3 is 0 Å². The maximum Gasteiger partial charge on any atom is 0.164 e. The summed E-state index contributed by atoms with van der Waals surface area (Å²) in [5.41, 5.74) is 11.7. The van der Waals surface area contributed by atoms with E-state index in [0.717, 1.165) is 131 Å². The molecule has 0 aliphatic heterocycles. The minimum atomic E-state index is -1.55. The molecule has 3 radical (unpaired) electrons. The molecule has 0 saturated heterocycles. The molecule has 3 N–H and O–H groups in total. The van der Waals surface area contributed by atoms with Crippen LogP contribution in [0.4, 0.5) is 0 Å². The second-order valence-corrected chi connectivity index (χ2v) is 49.5. The van der Waals surface area contributed by atoms with Crippen LogP contribution in [0.15, 0.2) is 265 Å². The van der Waals surface area contributed by atoms with E-state index in [1.165, 1.54) is 110 Å². The van der Waals surface area contributed by atoms with Crippen molar-refractivity contribution < 1.29 is 94.4 Å². The molecular formula is C128H156Ir3N3O7Si-3. The molecule has 0 bridgehead atoms. The maximum atomic E-state index is 12.2. The van der Waals surface area contributed by atoms with Crippen molar-refractivity contribution in [1.82, 2.24) is 15.0 Å². The standard InChI is InChI=1S/C30H30NSi.C28H24N.C27H22NO.2C15H28O2.C13H24O2.3Ir/c1-30(2,3)23-12-14-24-21(18-23)11-13-27-26(24)15-16-31-29(27)22-17-20-9-7-8-10-25(20)28(19-22)32(4,5)6;1-18-15-21(16-19-7-5-6-8-23(18)19)27-26-11-9-20-17-22(28(2,3)4)10-12-24(20)25(26)13-14-29-27;1-27(2,3)23-16-20(15-19-11-7-8-12-21(19)23)26-22-17-25(18-9-5-4-6-10-18)29-24(22)13-14-28-26;2*1-7-14(5,8-2)12(16)11-13(17)15(6,9-3)10-4;1-7-12(3,4)10(14)9-11(15)13(5,6)8-2;;;/h7-16,18-19H,1-6H3;5-15,17H,1-4H3;4-14,16-17H,1-3H3;2*11,16H,7-10H2,1-6H3;9,14H,7-8H2,1-6H3;;;/q3*-1;;;;;;. The number of hydrogen-bond acceptors (Lipinski definition) is 10. The summed E-state index contributed by atoms with van der Waals surface area (Å²) in [4.78, 5) is 50.5. The number of aliphatic hydroxyl groups excluding tert-OH is 3. The quantitative estimate of drug-likeness (QED) is 0.0174. The van der Waals surface area contributed by atoms with Crippen LogP contribution in [0.5, 0.6) is 0 Å². The molecule has 0 amide bonds. The Morgan fingerprint density at radius 1 is 0.331 bits per heavy atom. The molecule has 0 spiro atoms. The van der Waals surface area contributed by atoms with Crippen molar-refractivity contribution in [3.05, 3.63) is 301 Å². The fourth-order valence-corrected chi connectivity index (χ4v) is 18.6. The average Bonchev–Trinajstić information content (AvgIpc) is 0.847. The number of nitrogens with zero attached hydrogens (tertiary/aromatic N) is 3. The van der Waals surface area contributed by atoms with Gasteiger partial charge in [-0.2, -0.15) is 0 Å². The number of aromatic nitrogens is 3. The van der Waals surface area contributed by atoms with Gasteiger partial charge in [-0.25, -0.2) is 0 Å². The minimum Gasteiger partial charge on any atom is -0.512 e. The van der Waals surface area contributed by atoms with Gasteiger partial charge in [0, 0.05) is 158 Å². The summed E-state index contributed by atoms with van der Waals surface area (Å²) < 4.78 is 6.15. The number of aliphatic hydroxyl groups is 3. The number of rotatable bonds is 24. The first kappa shape index (κ1) is 119. The predicted molar refractivity (Wildman–Crippen MR) is 597 cm³/mol. The number of furan rings is 1. The zero-order chi connectivity index (χ0) is 103. The summed E-state index contributed by atoms with van der Waals surface area (Å²) in [5.74, 6) is 1.62. The molecule has 759 valence electrons. The van der Waals surface area contributed by atoms with Crippen LogP contribution < -0.4 is 5.19 Å². The molecule has 0 unspecified atom stereocenters. The van der Waals surface area contributed by atoms with Gasteiger partial charge in [-0.15, -0.1) is 87.1 Å². The molecular weight excluding hydrogens is 2300 g/mol. The normalized spacial score (nSPS) is 12.6. The molecule has 0 fully saturated rings. The summed E-state index contributed by atoms with van der Waals surface area (Å²) in [5, 5.41) is 49.8.